The van der Waals surface area contributed by atoms with Crippen LogP contribution in [0.25, 0.3) is 0 Å². The van der Waals surface area contributed by atoms with Gasteiger partial charge in [-0.3, -0.25) is 4.79 Å². The summed E-state index contributed by atoms with van der Waals surface area (Å²) in [5.74, 6) is 0.685. The van der Waals surface area contributed by atoms with Crippen LogP contribution in [-0.2, 0) is 25.6 Å². The molecule has 0 bridgehead atoms. The highest BCUT2D eigenvalue weighted by atomic mass is 16.6. The highest BCUT2D eigenvalue weighted by Crippen LogP contribution is 2.32. The summed E-state index contributed by atoms with van der Waals surface area (Å²) in [7, 11) is 1.65. The maximum atomic E-state index is 12.6. The van der Waals surface area contributed by atoms with Crippen LogP contribution in [0.1, 0.15) is 57.1 Å². The number of rotatable bonds is 13. The van der Waals surface area contributed by atoms with Gasteiger partial charge in [0.1, 0.15) is 17.1 Å². The molecule has 2 aromatic rings. The highest BCUT2D eigenvalue weighted by Gasteiger charge is 2.35. The first-order chi connectivity index (χ1) is 18.7. The van der Waals surface area contributed by atoms with Crippen molar-refractivity contribution < 1.29 is 38.4 Å². The van der Waals surface area contributed by atoms with Gasteiger partial charge in [-0.05, 0) is 51.0 Å². The number of carbonyl (C=O) groups excluding carboxylic acids is 1. The number of hydrogen-bond donors (Lipinski definition) is 1. The molecule has 0 aliphatic carbocycles. The van der Waals surface area contributed by atoms with E-state index in [1.54, 1.807) is 12.0 Å². The maximum absolute atomic E-state index is 12.6. The van der Waals surface area contributed by atoms with E-state index >= 15 is 0 Å². The summed E-state index contributed by atoms with van der Waals surface area (Å²) in [5.41, 5.74) is 1.48. The summed E-state index contributed by atoms with van der Waals surface area (Å²) >= 11 is 0. The molecule has 1 aliphatic heterocycles. The molecule has 1 aliphatic rings. The maximum Gasteiger partial charge on any atom is 0.410 e. The molecule has 1 N–H and O–H groups in total. The molecule has 0 radical (unpaired) electrons. The number of nitrogens with zero attached hydrogens (tertiary/aromatic N) is 1. The van der Waals surface area contributed by atoms with Crippen molar-refractivity contribution in [2.45, 2.75) is 64.3 Å². The Morgan fingerprint density at radius 3 is 2.46 bits per heavy atom. The predicted octanol–water partition coefficient (Wildman–Crippen LogP) is 5.27. The number of carbonyl (C=O) groups is 2. The third-order valence-corrected chi connectivity index (χ3v) is 6.32. The summed E-state index contributed by atoms with van der Waals surface area (Å²) in [6.07, 6.45) is 0.617. The van der Waals surface area contributed by atoms with Crippen LogP contribution in [0, 0.1) is 0 Å². The van der Waals surface area contributed by atoms with Gasteiger partial charge in [0, 0.05) is 24.4 Å². The lowest BCUT2D eigenvalue weighted by Crippen LogP contribution is -2.48. The van der Waals surface area contributed by atoms with E-state index in [4.69, 9.17) is 28.8 Å². The largest absolute Gasteiger partial charge is 0.496 e. The SMILES string of the molecule is COc1ccccc1COCCCOc1ccc([C@@H]2CCN(C(=O)OC(C)(C)C)C[C@H]2OCCC(=O)O)cc1. The van der Waals surface area contributed by atoms with Gasteiger partial charge in [0.05, 0.1) is 52.6 Å². The number of likely N-dealkylation sites (tertiary alicyclic amines) is 1. The third-order valence-electron chi connectivity index (χ3n) is 6.32. The minimum atomic E-state index is -0.918. The molecule has 1 amide bonds. The summed E-state index contributed by atoms with van der Waals surface area (Å²) in [5, 5.41) is 9.03. The first kappa shape index (κ1) is 30.2. The van der Waals surface area contributed by atoms with Crippen molar-refractivity contribution in [1.82, 2.24) is 4.90 Å². The van der Waals surface area contributed by atoms with Crippen LogP contribution in [0.15, 0.2) is 48.5 Å². The average molecular weight is 544 g/mol. The summed E-state index contributed by atoms with van der Waals surface area (Å²) < 4.78 is 28.5. The molecule has 9 nitrogen and oxygen atoms in total. The van der Waals surface area contributed by atoms with Gasteiger partial charge in [-0.25, -0.2) is 4.79 Å². The van der Waals surface area contributed by atoms with E-state index < -0.39 is 11.6 Å². The second-order valence-corrected chi connectivity index (χ2v) is 10.5. The Morgan fingerprint density at radius 2 is 1.77 bits per heavy atom. The molecule has 1 heterocycles. The quantitative estimate of drug-likeness (QED) is 0.341. The molecule has 2 aromatic carbocycles. The van der Waals surface area contributed by atoms with E-state index in [1.807, 2.05) is 69.3 Å². The van der Waals surface area contributed by atoms with Crippen LogP contribution in [0.5, 0.6) is 11.5 Å². The van der Waals surface area contributed by atoms with Gasteiger partial charge in [-0.15, -0.1) is 0 Å². The average Bonchev–Trinajstić information content (AvgIpc) is 2.90. The molecular weight excluding hydrogens is 502 g/mol. The predicted molar refractivity (Wildman–Crippen MR) is 146 cm³/mol. The van der Waals surface area contributed by atoms with Gasteiger partial charge in [-0.1, -0.05) is 30.3 Å². The molecule has 39 heavy (non-hydrogen) atoms. The Balaban J connectivity index is 1.49. The molecule has 1 saturated heterocycles. The van der Waals surface area contributed by atoms with Gasteiger partial charge in [0.2, 0.25) is 0 Å². The van der Waals surface area contributed by atoms with Crippen LogP contribution in [0.2, 0.25) is 0 Å². The van der Waals surface area contributed by atoms with Crippen LogP contribution < -0.4 is 9.47 Å². The van der Waals surface area contributed by atoms with E-state index in [-0.39, 0.29) is 31.1 Å². The molecule has 1 fully saturated rings. The minimum absolute atomic E-state index is 0.0231. The number of carboxylic acid groups (broad SMARTS) is 1. The van der Waals surface area contributed by atoms with Crippen molar-refractivity contribution in [2.75, 3.05) is 40.0 Å². The molecule has 0 spiro atoms. The lowest BCUT2D eigenvalue weighted by atomic mass is 9.87. The number of para-hydroxylation sites is 1. The van der Waals surface area contributed by atoms with Crippen molar-refractivity contribution >= 4 is 12.1 Å². The summed E-state index contributed by atoms with van der Waals surface area (Å²) in [6.45, 7) is 8.03. The normalized spacial score (nSPS) is 17.5. The van der Waals surface area contributed by atoms with Crippen LogP contribution in [-0.4, -0.2) is 73.8 Å². The molecule has 0 saturated carbocycles. The van der Waals surface area contributed by atoms with Gasteiger partial charge in [0.15, 0.2) is 0 Å². The number of ether oxygens (including phenoxy) is 5. The molecule has 3 rings (SSSR count). The number of amides is 1. The van der Waals surface area contributed by atoms with Crippen molar-refractivity contribution in [1.29, 1.82) is 0 Å². The van der Waals surface area contributed by atoms with E-state index in [0.29, 0.717) is 39.3 Å². The van der Waals surface area contributed by atoms with Crippen LogP contribution in [0.4, 0.5) is 4.79 Å². The van der Waals surface area contributed by atoms with Crippen molar-refractivity contribution in [3.8, 4) is 11.5 Å². The van der Waals surface area contributed by atoms with E-state index in [0.717, 1.165) is 29.0 Å². The molecular formula is C30H41NO8. The zero-order chi connectivity index (χ0) is 28.3. The van der Waals surface area contributed by atoms with Crippen molar-refractivity contribution in [3.63, 3.8) is 0 Å². The number of methoxy groups -OCH3 is 1. The smallest absolute Gasteiger partial charge is 0.410 e. The second kappa shape index (κ2) is 14.7. The summed E-state index contributed by atoms with van der Waals surface area (Å²) in [6, 6.07) is 15.7. The Labute approximate surface area is 230 Å². The molecule has 0 unspecified atom stereocenters. The van der Waals surface area contributed by atoms with Crippen LogP contribution >= 0.6 is 0 Å². The fourth-order valence-electron chi connectivity index (χ4n) is 4.42. The van der Waals surface area contributed by atoms with Crippen molar-refractivity contribution in [3.05, 3.63) is 59.7 Å². The number of piperidine rings is 1. The standard InChI is InChI=1S/C30H41NO8/c1-30(2,3)39-29(34)31-16-14-25(27(20-31)38-19-15-28(32)33)22-10-12-24(13-11-22)37-18-7-17-36-21-23-8-5-6-9-26(23)35-4/h5-6,8-13,25,27H,7,14-21H2,1-4H3,(H,32,33)/t25-,27+/m0/s1. The Hall–Kier alpha value is -3.30. The second-order valence-electron chi connectivity index (χ2n) is 10.5. The van der Waals surface area contributed by atoms with E-state index in [2.05, 4.69) is 0 Å². The number of benzene rings is 2. The van der Waals surface area contributed by atoms with E-state index in [1.165, 1.54) is 0 Å². The fourth-order valence-corrected chi connectivity index (χ4v) is 4.42. The van der Waals surface area contributed by atoms with Gasteiger partial charge in [-0.2, -0.15) is 0 Å². The summed E-state index contributed by atoms with van der Waals surface area (Å²) in [4.78, 5) is 25.3. The van der Waals surface area contributed by atoms with Crippen LogP contribution in [0.3, 0.4) is 0 Å². The first-order valence-electron chi connectivity index (χ1n) is 13.4. The first-order valence-corrected chi connectivity index (χ1v) is 13.4. The van der Waals surface area contributed by atoms with Crippen molar-refractivity contribution in [2.24, 2.45) is 0 Å². The lowest BCUT2D eigenvalue weighted by molar-refractivity contribution is -0.139. The lowest BCUT2D eigenvalue weighted by Gasteiger charge is -2.39. The van der Waals surface area contributed by atoms with E-state index in [9.17, 15) is 9.59 Å². The molecule has 214 valence electrons. The Bertz CT molecular complexity index is 1050. The fraction of sp³-hybridized carbons (Fsp3) is 0.533. The zero-order valence-electron chi connectivity index (χ0n) is 23.4. The minimum Gasteiger partial charge on any atom is -0.496 e. The number of carboxylic acids is 1. The molecule has 2 atom stereocenters. The Morgan fingerprint density at radius 1 is 1.03 bits per heavy atom. The topological polar surface area (TPSA) is 104 Å². The molecule has 0 aromatic heterocycles. The number of aliphatic carboxylic acids is 1. The molecule has 9 heteroatoms. The third kappa shape index (κ3) is 10.1. The zero-order valence-corrected chi connectivity index (χ0v) is 23.4. The highest BCUT2D eigenvalue weighted by molar-refractivity contribution is 5.68. The number of hydrogen-bond acceptors (Lipinski definition) is 7. The van der Waals surface area contributed by atoms with Gasteiger partial charge < -0.3 is 33.7 Å². The van der Waals surface area contributed by atoms with Gasteiger partial charge >= 0.3 is 12.1 Å². The monoisotopic (exact) mass is 543 g/mol. The van der Waals surface area contributed by atoms with Gasteiger partial charge in [0.25, 0.3) is 0 Å². The Kier molecular flexibility index (Phi) is 11.4.